The van der Waals surface area contributed by atoms with Crippen molar-refractivity contribution in [2.75, 3.05) is 5.43 Å². The number of nitrogens with zero attached hydrogens (tertiary/aromatic N) is 2. The lowest BCUT2D eigenvalue weighted by molar-refractivity contribution is 0.486. The standard InChI is InChI=1S/C18H16FN3O3S2/c1-12-13(2)26-18(21-12)22-20-11-14-3-7-16(8-4-14)25-27(23,24)17-9-5-15(19)6-10-17/h3-11H,1-2H3,(H,21,22)/b20-11+. The quantitative estimate of drug-likeness (QED) is 0.379. The lowest BCUT2D eigenvalue weighted by atomic mass is 10.2. The Morgan fingerprint density at radius 1 is 1.11 bits per heavy atom. The van der Waals surface area contributed by atoms with E-state index in [1.807, 2.05) is 13.8 Å². The molecule has 0 aliphatic carbocycles. The van der Waals surface area contributed by atoms with Crippen molar-refractivity contribution in [3.8, 4) is 5.75 Å². The Morgan fingerprint density at radius 2 is 1.78 bits per heavy atom. The first-order chi connectivity index (χ1) is 12.8. The Kier molecular flexibility index (Phi) is 5.52. The van der Waals surface area contributed by atoms with E-state index < -0.39 is 15.9 Å². The van der Waals surface area contributed by atoms with Gasteiger partial charge in [-0.05, 0) is 67.9 Å². The van der Waals surface area contributed by atoms with Gasteiger partial charge in [-0.2, -0.15) is 13.5 Å². The molecule has 0 radical (unpaired) electrons. The lowest BCUT2D eigenvalue weighted by Gasteiger charge is -2.07. The second-order valence-electron chi connectivity index (χ2n) is 5.59. The van der Waals surface area contributed by atoms with Crippen molar-refractivity contribution >= 4 is 32.8 Å². The molecule has 27 heavy (non-hydrogen) atoms. The smallest absolute Gasteiger partial charge is 0.339 e. The summed E-state index contributed by atoms with van der Waals surface area (Å²) in [7, 11) is -4.02. The molecule has 2 aromatic carbocycles. The van der Waals surface area contributed by atoms with Crippen LogP contribution in [0.5, 0.6) is 5.75 Å². The fraction of sp³-hybridized carbons (Fsp3) is 0.111. The first-order valence-electron chi connectivity index (χ1n) is 7.87. The highest BCUT2D eigenvalue weighted by Gasteiger charge is 2.16. The molecule has 1 heterocycles. The molecule has 0 saturated carbocycles. The number of hydrogen-bond acceptors (Lipinski definition) is 7. The van der Waals surface area contributed by atoms with Crippen molar-refractivity contribution in [1.29, 1.82) is 0 Å². The van der Waals surface area contributed by atoms with Gasteiger partial charge in [-0.1, -0.05) is 0 Å². The zero-order chi connectivity index (χ0) is 19.4. The molecule has 3 rings (SSSR count). The van der Waals surface area contributed by atoms with E-state index in [0.29, 0.717) is 5.13 Å². The molecule has 0 aliphatic rings. The van der Waals surface area contributed by atoms with Crippen LogP contribution in [0.15, 0.2) is 58.5 Å². The van der Waals surface area contributed by atoms with E-state index in [9.17, 15) is 12.8 Å². The number of rotatable bonds is 6. The average molecular weight is 405 g/mol. The molecule has 9 heteroatoms. The highest BCUT2D eigenvalue weighted by molar-refractivity contribution is 7.87. The lowest BCUT2D eigenvalue weighted by Crippen LogP contribution is -2.09. The van der Waals surface area contributed by atoms with Crippen molar-refractivity contribution in [2.24, 2.45) is 5.10 Å². The predicted molar refractivity (Wildman–Crippen MR) is 103 cm³/mol. The van der Waals surface area contributed by atoms with Crippen molar-refractivity contribution in [1.82, 2.24) is 4.98 Å². The van der Waals surface area contributed by atoms with Crippen LogP contribution in [0.4, 0.5) is 9.52 Å². The summed E-state index contributed by atoms with van der Waals surface area (Å²) in [5.74, 6) is -0.370. The van der Waals surface area contributed by atoms with E-state index in [-0.39, 0.29) is 10.6 Å². The zero-order valence-electron chi connectivity index (χ0n) is 14.5. The fourth-order valence-electron chi connectivity index (χ4n) is 2.07. The molecule has 0 atom stereocenters. The van der Waals surface area contributed by atoms with Crippen LogP contribution in [0.3, 0.4) is 0 Å². The van der Waals surface area contributed by atoms with Crippen molar-refractivity contribution in [3.05, 3.63) is 70.5 Å². The third-order valence-electron chi connectivity index (χ3n) is 3.59. The van der Waals surface area contributed by atoms with Crippen LogP contribution >= 0.6 is 11.3 Å². The van der Waals surface area contributed by atoms with E-state index in [4.69, 9.17) is 4.18 Å². The normalized spacial score (nSPS) is 11.7. The van der Waals surface area contributed by atoms with Gasteiger partial charge in [0.05, 0.1) is 11.9 Å². The number of anilines is 1. The minimum atomic E-state index is -4.02. The number of halogens is 1. The van der Waals surface area contributed by atoms with Crippen LogP contribution in [-0.4, -0.2) is 19.6 Å². The van der Waals surface area contributed by atoms with E-state index in [0.717, 1.165) is 40.4 Å². The summed E-state index contributed by atoms with van der Waals surface area (Å²) in [6.45, 7) is 3.92. The van der Waals surface area contributed by atoms with E-state index in [2.05, 4.69) is 15.5 Å². The summed E-state index contributed by atoms with van der Waals surface area (Å²) in [6.07, 6.45) is 1.59. The van der Waals surface area contributed by atoms with Gasteiger partial charge in [0.1, 0.15) is 16.5 Å². The molecular weight excluding hydrogens is 389 g/mol. The maximum absolute atomic E-state index is 12.9. The summed E-state index contributed by atoms with van der Waals surface area (Å²) in [4.78, 5) is 5.32. The zero-order valence-corrected chi connectivity index (χ0v) is 16.1. The molecule has 0 aliphatic heterocycles. The number of thiazole rings is 1. The predicted octanol–water partition coefficient (Wildman–Crippen LogP) is 4.11. The van der Waals surface area contributed by atoms with Crippen LogP contribution < -0.4 is 9.61 Å². The number of benzene rings is 2. The second-order valence-corrected chi connectivity index (χ2v) is 8.34. The maximum atomic E-state index is 12.9. The Bertz CT molecular complexity index is 1040. The molecule has 6 nitrogen and oxygen atoms in total. The average Bonchev–Trinajstić information content (AvgIpc) is 2.94. The van der Waals surface area contributed by atoms with Crippen LogP contribution in [-0.2, 0) is 10.1 Å². The summed E-state index contributed by atoms with van der Waals surface area (Å²) in [5.41, 5.74) is 4.56. The number of nitrogens with one attached hydrogen (secondary N) is 1. The Morgan fingerprint density at radius 3 is 2.37 bits per heavy atom. The first-order valence-corrected chi connectivity index (χ1v) is 10.1. The molecule has 0 saturated heterocycles. The molecule has 0 spiro atoms. The molecule has 0 unspecified atom stereocenters. The molecule has 0 amide bonds. The van der Waals surface area contributed by atoms with Crippen LogP contribution in [0, 0.1) is 19.7 Å². The minimum absolute atomic E-state index is 0.118. The summed E-state index contributed by atoms with van der Waals surface area (Å²) in [6, 6.07) is 10.8. The van der Waals surface area contributed by atoms with Gasteiger partial charge in [0.15, 0.2) is 0 Å². The molecule has 0 bridgehead atoms. The number of aryl methyl sites for hydroxylation is 2. The first kappa shape index (κ1) is 19.0. The largest absolute Gasteiger partial charge is 0.379 e. The molecule has 3 aromatic rings. The van der Waals surface area contributed by atoms with Crippen LogP contribution in [0.2, 0.25) is 0 Å². The molecule has 140 valence electrons. The molecular formula is C18H16FN3O3S2. The van der Waals surface area contributed by atoms with Gasteiger partial charge in [-0.3, -0.25) is 5.43 Å². The van der Waals surface area contributed by atoms with Crippen molar-refractivity contribution in [3.63, 3.8) is 0 Å². The van der Waals surface area contributed by atoms with Gasteiger partial charge >= 0.3 is 10.1 Å². The number of hydrazone groups is 1. The fourth-order valence-corrected chi connectivity index (χ4v) is 3.76. The Hall–Kier alpha value is -2.78. The molecule has 1 N–H and O–H groups in total. The van der Waals surface area contributed by atoms with Gasteiger partial charge < -0.3 is 4.18 Å². The summed E-state index contributed by atoms with van der Waals surface area (Å²) < 4.78 is 42.3. The van der Waals surface area contributed by atoms with E-state index in [1.165, 1.54) is 23.5 Å². The van der Waals surface area contributed by atoms with Crippen molar-refractivity contribution < 1.29 is 17.0 Å². The number of aromatic nitrogens is 1. The Labute approximate surface area is 160 Å². The monoisotopic (exact) mass is 405 g/mol. The summed E-state index contributed by atoms with van der Waals surface area (Å²) >= 11 is 1.51. The third-order valence-corrected chi connectivity index (χ3v) is 5.83. The second kappa shape index (κ2) is 7.85. The van der Waals surface area contributed by atoms with Gasteiger partial charge in [-0.15, -0.1) is 11.3 Å². The van der Waals surface area contributed by atoms with Gasteiger partial charge in [0, 0.05) is 4.88 Å². The number of hydrogen-bond donors (Lipinski definition) is 1. The Balaban J connectivity index is 1.64. The van der Waals surface area contributed by atoms with E-state index in [1.54, 1.807) is 18.3 Å². The SMILES string of the molecule is Cc1nc(N/N=C/c2ccc(OS(=O)(=O)c3ccc(F)cc3)cc2)sc1C. The maximum Gasteiger partial charge on any atom is 0.339 e. The van der Waals surface area contributed by atoms with Crippen molar-refractivity contribution in [2.45, 2.75) is 18.7 Å². The van der Waals surface area contributed by atoms with Crippen LogP contribution in [0.25, 0.3) is 0 Å². The summed E-state index contributed by atoms with van der Waals surface area (Å²) in [5, 5.41) is 4.81. The van der Waals surface area contributed by atoms with Gasteiger partial charge in [0.2, 0.25) is 5.13 Å². The minimum Gasteiger partial charge on any atom is -0.379 e. The topological polar surface area (TPSA) is 80.7 Å². The third kappa shape index (κ3) is 4.89. The molecule has 1 aromatic heterocycles. The highest BCUT2D eigenvalue weighted by atomic mass is 32.2. The van der Waals surface area contributed by atoms with E-state index >= 15 is 0 Å². The highest BCUT2D eigenvalue weighted by Crippen LogP contribution is 2.21. The molecule has 0 fully saturated rings. The van der Waals surface area contributed by atoms with Crippen LogP contribution in [0.1, 0.15) is 16.1 Å². The van der Waals surface area contributed by atoms with Gasteiger partial charge in [-0.25, -0.2) is 9.37 Å². The van der Waals surface area contributed by atoms with Gasteiger partial charge in [0.25, 0.3) is 0 Å².